The second-order valence-corrected chi connectivity index (χ2v) is 27.1. The quantitative estimate of drug-likeness (QED) is 0.0431. The molecule has 2 atom stereocenters. The van der Waals surface area contributed by atoms with Gasteiger partial charge in [-0.15, -0.1) is 0 Å². The van der Waals surface area contributed by atoms with Crippen molar-refractivity contribution in [3.63, 3.8) is 0 Å². The SMILES string of the molecule is CN(CCN1CCC(OC(=O)Nc2ccccc2-c2ccccc2)CC1)C(=O)CCCCCN(C)c1ccc2c(c1)CCN(CCCN(C)C(=O)CO[C@H]1Cc3ccccc3C13CCN(CC[C@@]1(c4ccc(F)cc4)CN(C(=O)c4cc(C(F)(F)F)cc(C(F)(F)F)c4)CO1)CC3)C2=O. The molecule has 11 rings (SSSR count). The summed E-state index contributed by atoms with van der Waals surface area (Å²) in [7, 11) is 5.65. The minimum absolute atomic E-state index is 0.0258. The molecule has 99 heavy (non-hydrogen) atoms. The zero-order valence-electron chi connectivity index (χ0n) is 56.4. The highest BCUT2D eigenvalue weighted by Gasteiger charge is 2.50. The van der Waals surface area contributed by atoms with Crippen LogP contribution in [0.2, 0.25) is 0 Å². The van der Waals surface area contributed by atoms with E-state index in [4.69, 9.17) is 14.2 Å². The van der Waals surface area contributed by atoms with E-state index in [1.807, 2.05) is 103 Å². The van der Waals surface area contributed by atoms with Crippen LogP contribution in [-0.4, -0.2) is 184 Å². The first-order valence-electron chi connectivity index (χ1n) is 34.3. The van der Waals surface area contributed by atoms with Crippen molar-refractivity contribution in [2.45, 2.75) is 113 Å². The summed E-state index contributed by atoms with van der Waals surface area (Å²) < 4.78 is 116. The third kappa shape index (κ3) is 17.4. The van der Waals surface area contributed by atoms with E-state index in [1.54, 1.807) is 11.9 Å². The first kappa shape index (κ1) is 71.9. The molecule has 3 saturated heterocycles. The topological polar surface area (TPSA) is 148 Å². The maximum absolute atomic E-state index is 14.3. The summed E-state index contributed by atoms with van der Waals surface area (Å²) in [5.41, 5.74) is 2.52. The number of carbonyl (C=O) groups excluding carboxylic acids is 5. The number of rotatable bonds is 25. The molecule has 4 heterocycles. The molecule has 1 spiro atoms. The monoisotopic (exact) mass is 1370 g/mol. The number of alkyl halides is 6. The summed E-state index contributed by atoms with van der Waals surface area (Å²) in [5, 5.41) is 2.94. The molecule has 1 N–H and O–H groups in total. The molecule has 3 fully saturated rings. The average Bonchev–Trinajstić information content (AvgIpc) is 1.61. The summed E-state index contributed by atoms with van der Waals surface area (Å²) in [4.78, 5) is 80.5. The van der Waals surface area contributed by atoms with Gasteiger partial charge in [0.25, 0.3) is 11.8 Å². The van der Waals surface area contributed by atoms with Crippen molar-refractivity contribution in [3.8, 4) is 11.1 Å². The molecule has 0 bridgehead atoms. The lowest BCUT2D eigenvalue weighted by Crippen LogP contribution is -2.50. The van der Waals surface area contributed by atoms with Gasteiger partial charge in [-0.1, -0.05) is 91.3 Å². The van der Waals surface area contributed by atoms with E-state index in [-0.39, 0.29) is 55.6 Å². The molecule has 16 nitrogen and oxygen atoms in total. The van der Waals surface area contributed by atoms with Crippen LogP contribution in [0.4, 0.5) is 46.9 Å². The van der Waals surface area contributed by atoms with Gasteiger partial charge in [0.2, 0.25) is 11.8 Å². The molecule has 0 radical (unpaired) electrons. The molecule has 528 valence electrons. The number of anilines is 2. The number of amides is 5. The van der Waals surface area contributed by atoms with E-state index in [0.29, 0.717) is 113 Å². The van der Waals surface area contributed by atoms with Gasteiger partial charge in [0.1, 0.15) is 30.9 Å². The number of likely N-dealkylation sites (tertiary alicyclic amines) is 2. The predicted molar refractivity (Wildman–Crippen MR) is 362 cm³/mol. The standard InChI is InChI=1S/C76H87F7N8O8/c1-85(34-13-5-8-21-68(92)87(3)43-44-88-37-29-62(30-38-88)99-72(96)84-66-20-12-10-18-63(66)53-15-6-4-7-16-53)61-26-27-64-54(47-61)28-39-90(71(64)95)36-14-35-86(2)69(93)50-97-67-48-55-17-9-11-19-65(55)73(67)31-40-89(41-32-73)42-33-74(57-22-24-60(77)25-23-57)51-91(52-98-74)70(94)56-45-58(75(78,79)80)49-59(46-56)76(81,82)83/h4,6-7,9-12,15-20,22-27,45-47,49,62,67H,5,8,13-14,21,28-44,48,50-52H2,1-3H3,(H,84,96)/t67-,74-/m0/s1. The van der Waals surface area contributed by atoms with E-state index >= 15 is 0 Å². The van der Waals surface area contributed by atoms with E-state index in [1.165, 1.54) is 29.8 Å². The molecule has 0 unspecified atom stereocenters. The highest BCUT2D eigenvalue weighted by molar-refractivity contribution is 5.97. The Balaban J connectivity index is 0.579. The van der Waals surface area contributed by atoms with Crippen LogP contribution in [0.3, 0.4) is 0 Å². The number of benzene rings is 6. The molecule has 0 saturated carbocycles. The van der Waals surface area contributed by atoms with Gasteiger partial charge >= 0.3 is 18.4 Å². The van der Waals surface area contributed by atoms with Crippen LogP contribution in [0.5, 0.6) is 0 Å². The highest BCUT2D eigenvalue weighted by Crippen LogP contribution is 2.49. The molecule has 5 aliphatic rings. The van der Waals surface area contributed by atoms with Crippen LogP contribution in [0, 0.1) is 5.82 Å². The van der Waals surface area contributed by atoms with Gasteiger partial charge in [-0.3, -0.25) is 24.5 Å². The molecule has 4 aliphatic heterocycles. The van der Waals surface area contributed by atoms with Gasteiger partial charge in [-0.05, 0) is 160 Å². The number of para-hydroxylation sites is 1. The minimum Gasteiger partial charge on any atom is -0.446 e. The van der Waals surface area contributed by atoms with Gasteiger partial charge in [-0.25, -0.2) is 9.18 Å². The zero-order valence-corrected chi connectivity index (χ0v) is 56.4. The number of halogens is 7. The fourth-order valence-corrected chi connectivity index (χ4v) is 14.7. The van der Waals surface area contributed by atoms with Gasteiger partial charge in [0.05, 0.1) is 29.5 Å². The van der Waals surface area contributed by atoms with Crippen molar-refractivity contribution < 1.29 is 68.9 Å². The Morgan fingerprint density at radius 3 is 2.06 bits per heavy atom. The highest BCUT2D eigenvalue weighted by atomic mass is 19.4. The van der Waals surface area contributed by atoms with E-state index in [9.17, 15) is 54.7 Å². The van der Waals surface area contributed by atoms with Crippen LogP contribution in [0.1, 0.15) is 118 Å². The van der Waals surface area contributed by atoms with Crippen LogP contribution in [0.25, 0.3) is 11.1 Å². The van der Waals surface area contributed by atoms with Crippen molar-refractivity contribution in [2.75, 3.05) is 123 Å². The second kappa shape index (κ2) is 31.4. The van der Waals surface area contributed by atoms with Gasteiger partial charge in [0, 0.05) is 114 Å². The Morgan fingerprint density at radius 2 is 1.33 bits per heavy atom. The number of nitrogens with one attached hydrogen (secondary N) is 1. The number of piperidine rings is 2. The number of ether oxygens (including phenoxy) is 3. The van der Waals surface area contributed by atoms with Crippen molar-refractivity contribution in [1.29, 1.82) is 0 Å². The number of likely N-dealkylation sites (N-methyl/N-ethyl adjacent to an activating group) is 2. The Morgan fingerprint density at radius 1 is 0.657 bits per heavy atom. The number of fused-ring (bicyclic) bond motifs is 3. The molecule has 6 aromatic carbocycles. The second-order valence-electron chi connectivity index (χ2n) is 27.1. The normalized spacial score (nSPS) is 18.8. The third-order valence-electron chi connectivity index (χ3n) is 20.7. The van der Waals surface area contributed by atoms with Crippen LogP contribution in [0.15, 0.2) is 140 Å². The average molecular weight is 1370 g/mol. The molecular weight excluding hydrogens is 1290 g/mol. The number of carbonyl (C=O) groups is 5. The summed E-state index contributed by atoms with van der Waals surface area (Å²) >= 11 is 0. The lowest BCUT2D eigenvalue weighted by Gasteiger charge is -2.44. The molecule has 5 amide bonds. The zero-order chi connectivity index (χ0) is 70.1. The van der Waals surface area contributed by atoms with Crippen molar-refractivity contribution in [3.05, 3.63) is 190 Å². The Bertz CT molecular complexity index is 3770. The fourth-order valence-electron chi connectivity index (χ4n) is 14.7. The van der Waals surface area contributed by atoms with Crippen LogP contribution >= 0.6 is 0 Å². The lowest BCUT2D eigenvalue weighted by molar-refractivity contribution is -0.143. The van der Waals surface area contributed by atoms with E-state index in [0.717, 1.165) is 91.1 Å². The number of hydrogen-bond donors (Lipinski definition) is 1. The summed E-state index contributed by atoms with van der Waals surface area (Å²) in [6.45, 7) is 6.12. The summed E-state index contributed by atoms with van der Waals surface area (Å²) in [6.07, 6.45) is -3.15. The van der Waals surface area contributed by atoms with E-state index in [2.05, 4.69) is 38.2 Å². The van der Waals surface area contributed by atoms with E-state index < -0.39 is 64.6 Å². The smallest absolute Gasteiger partial charge is 0.416 e. The maximum atomic E-state index is 14.3. The van der Waals surface area contributed by atoms with Gasteiger partial charge in [0.15, 0.2) is 0 Å². The molecule has 1 aliphatic carbocycles. The maximum Gasteiger partial charge on any atom is 0.416 e. The number of unbranched alkanes of at least 4 members (excludes halogenated alkanes) is 2. The molecular formula is C76H87F7N8O8. The molecule has 23 heteroatoms. The number of nitrogens with zero attached hydrogens (tertiary/aromatic N) is 7. The molecule has 6 aromatic rings. The Labute approximate surface area is 573 Å². The van der Waals surface area contributed by atoms with Crippen molar-refractivity contribution >= 4 is 41.1 Å². The largest absolute Gasteiger partial charge is 0.446 e. The predicted octanol–water partition coefficient (Wildman–Crippen LogP) is 12.9. The Kier molecular flexibility index (Phi) is 22.8. The summed E-state index contributed by atoms with van der Waals surface area (Å²) in [5.74, 6) is -1.68. The fraction of sp³-hybridized carbons (Fsp3) is 0.461. The third-order valence-corrected chi connectivity index (χ3v) is 20.7. The van der Waals surface area contributed by atoms with Crippen molar-refractivity contribution in [1.82, 2.24) is 29.4 Å². The first-order valence-corrected chi connectivity index (χ1v) is 34.3. The lowest BCUT2D eigenvalue weighted by atomic mass is 9.72. The minimum atomic E-state index is -5.15. The van der Waals surface area contributed by atoms with Gasteiger partial charge in [-0.2, -0.15) is 26.3 Å². The molecule has 0 aromatic heterocycles. The number of hydrogen-bond acceptors (Lipinski definition) is 11. The van der Waals surface area contributed by atoms with Gasteiger partial charge < -0.3 is 48.5 Å². The Hall–Kier alpha value is -8.38. The first-order chi connectivity index (χ1) is 47.4. The van der Waals surface area contributed by atoms with Crippen LogP contribution in [-0.2, 0) is 60.0 Å². The summed E-state index contributed by atoms with van der Waals surface area (Å²) in [6, 6.07) is 38.0. The van der Waals surface area contributed by atoms with Crippen molar-refractivity contribution in [2.24, 2.45) is 0 Å². The van der Waals surface area contributed by atoms with Crippen LogP contribution < -0.4 is 10.2 Å².